The van der Waals surface area contributed by atoms with Crippen LogP contribution >= 0.6 is 0 Å². The lowest BCUT2D eigenvalue weighted by molar-refractivity contribution is -0.281. The van der Waals surface area contributed by atoms with E-state index in [2.05, 4.69) is 0 Å². The van der Waals surface area contributed by atoms with Gasteiger partial charge in [-0.15, -0.1) is 0 Å². The number of hydrogen-bond donors (Lipinski definition) is 10. The van der Waals surface area contributed by atoms with Crippen LogP contribution in [0.25, 0.3) is 22.3 Å². The second-order valence-corrected chi connectivity index (χ2v) is 16.8. The molecule has 3 aliphatic heterocycles. The normalized spacial score (nSPS) is 37.0. The molecule has 2 unspecified atom stereocenters. The van der Waals surface area contributed by atoms with Crippen molar-refractivity contribution in [3.05, 3.63) is 70.4 Å². The first-order valence-corrected chi connectivity index (χ1v) is 20.1. The summed E-state index contributed by atoms with van der Waals surface area (Å²) < 4.78 is 45.7. The predicted octanol–water partition coefficient (Wildman–Crippen LogP) is -0.734. The molecule has 1 saturated carbocycles. The summed E-state index contributed by atoms with van der Waals surface area (Å²) in [6, 6.07) is 7.96. The Morgan fingerprint density at radius 3 is 2.14 bits per heavy atom. The Balaban J connectivity index is 1.15. The van der Waals surface area contributed by atoms with Crippen molar-refractivity contribution in [2.75, 3.05) is 26.9 Å². The number of phenolic OH excluding ortho intramolecular Hbond substituents is 1. The van der Waals surface area contributed by atoms with Gasteiger partial charge in [-0.3, -0.25) is 4.79 Å². The van der Waals surface area contributed by atoms with Crippen molar-refractivity contribution >= 4 is 16.9 Å². The van der Waals surface area contributed by atoms with E-state index in [0.717, 1.165) is 12.1 Å². The van der Waals surface area contributed by atoms with Gasteiger partial charge in [0.2, 0.25) is 23.8 Å². The number of fused-ring (bicyclic) bond motifs is 3. The molecule has 63 heavy (non-hydrogen) atoms. The number of rotatable bonds is 12. The Hall–Kier alpha value is -4.68. The van der Waals surface area contributed by atoms with Crippen molar-refractivity contribution in [3.8, 4) is 34.3 Å². The fourth-order valence-corrected chi connectivity index (χ4v) is 8.73. The van der Waals surface area contributed by atoms with Gasteiger partial charge in [0.1, 0.15) is 82.1 Å². The molecule has 1 aliphatic carbocycles. The molecule has 10 N–H and O–H groups in total. The van der Waals surface area contributed by atoms with Crippen LogP contribution in [0.1, 0.15) is 33.6 Å². The lowest BCUT2D eigenvalue weighted by atomic mass is 9.59. The molecule has 3 saturated heterocycles. The van der Waals surface area contributed by atoms with Crippen LogP contribution in [0.4, 0.5) is 0 Å². The first kappa shape index (κ1) is 46.3. The Morgan fingerprint density at radius 1 is 0.857 bits per heavy atom. The number of ether oxygens (including phenoxy) is 7. The van der Waals surface area contributed by atoms with Crippen molar-refractivity contribution in [1.82, 2.24) is 0 Å². The largest absolute Gasteiger partial charge is 0.507 e. The first-order chi connectivity index (χ1) is 29.8. The average Bonchev–Trinajstić information content (AvgIpc) is 3.33. The molecule has 14 atom stereocenters. The maximum Gasteiger partial charge on any atom is 0.331 e. The molecule has 20 heteroatoms. The number of allylic oxidation sites excluding steroid dienone is 2. The molecule has 20 nitrogen and oxygen atoms in total. The van der Waals surface area contributed by atoms with Gasteiger partial charge in [-0.25, -0.2) is 4.79 Å². The molecule has 7 rings (SSSR count). The molecule has 2 aromatic carbocycles. The minimum absolute atomic E-state index is 0.0169. The lowest BCUT2D eigenvalue weighted by Gasteiger charge is -2.49. The summed E-state index contributed by atoms with van der Waals surface area (Å²) in [6.07, 6.45) is -12.9. The Morgan fingerprint density at radius 2 is 1.51 bits per heavy atom. The van der Waals surface area contributed by atoms with Gasteiger partial charge < -0.3 is 88.6 Å². The van der Waals surface area contributed by atoms with Crippen molar-refractivity contribution in [2.45, 2.75) is 112 Å². The maximum absolute atomic E-state index is 14.0. The van der Waals surface area contributed by atoms with Gasteiger partial charge in [-0.05, 0) is 56.2 Å². The molecule has 0 radical (unpaired) electrons. The van der Waals surface area contributed by atoms with Crippen LogP contribution in [0, 0.1) is 5.41 Å². The summed E-state index contributed by atoms with van der Waals surface area (Å²) in [6.45, 7) is 3.78. The van der Waals surface area contributed by atoms with Gasteiger partial charge in [0.05, 0.1) is 33.0 Å². The van der Waals surface area contributed by atoms with E-state index in [4.69, 9.17) is 37.6 Å². The highest BCUT2D eigenvalue weighted by atomic mass is 16.7. The van der Waals surface area contributed by atoms with E-state index in [9.17, 15) is 60.7 Å². The van der Waals surface area contributed by atoms with E-state index < -0.39 is 120 Å². The highest BCUT2D eigenvalue weighted by Crippen LogP contribution is 2.57. The summed E-state index contributed by atoms with van der Waals surface area (Å²) in [7, 11) is 1.33. The van der Waals surface area contributed by atoms with Crippen molar-refractivity contribution in [1.29, 1.82) is 0 Å². The zero-order valence-corrected chi connectivity index (χ0v) is 34.6. The molecular formula is C43H52O20. The van der Waals surface area contributed by atoms with Crippen LogP contribution in [-0.4, -0.2) is 163 Å². The third-order valence-electron chi connectivity index (χ3n) is 12.4. The zero-order chi connectivity index (χ0) is 45.8. The van der Waals surface area contributed by atoms with Crippen molar-refractivity contribution in [3.63, 3.8) is 0 Å². The molecular weight excluding hydrogens is 836 g/mol. The number of carbonyl (C=O) groups excluding carboxylic acids is 1. The third kappa shape index (κ3) is 8.42. The summed E-state index contributed by atoms with van der Waals surface area (Å²) in [5.41, 5.74) is -3.97. The molecule has 0 spiro atoms. The minimum Gasteiger partial charge on any atom is -0.507 e. The van der Waals surface area contributed by atoms with Crippen LogP contribution < -0.4 is 19.6 Å². The van der Waals surface area contributed by atoms with E-state index in [1.54, 1.807) is 13.8 Å². The monoisotopic (exact) mass is 888 g/mol. The topological polar surface area (TPSA) is 314 Å². The molecule has 344 valence electrons. The Bertz CT molecular complexity index is 2250. The zero-order valence-electron chi connectivity index (χ0n) is 34.6. The number of benzene rings is 2. The number of aromatic hydroxyl groups is 1. The molecule has 4 aliphatic rings. The van der Waals surface area contributed by atoms with Crippen LogP contribution in [0.2, 0.25) is 0 Å². The molecule has 1 aromatic heterocycles. The average molecular weight is 889 g/mol. The molecule has 0 amide bonds. The number of aliphatic hydroxyl groups is 9. The van der Waals surface area contributed by atoms with E-state index >= 15 is 0 Å². The number of aliphatic hydroxyl groups excluding tert-OH is 8. The maximum atomic E-state index is 14.0. The number of phenols is 1. The van der Waals surface area contributed by atoms with Gasteiger partial charge in [-0.1, -0.05) is 13.0 Å². The van der Waals surface area contributed by atoms with Gasteiger partial charge in [0.15, 0.2) is 11.9 Å². The summed E-state index contributed by atoms with van der Waals surface area (Å²) >= 11 is 0. The second kappa shape index (κ2) is 17.7. The standard InChI is InChI=1S/C43H52O20/c1-19(9-10-43(55)41(2)14-21(46)15-42(43,3)57-18-41)11-28(48)62-38-34(53)31(50)27(17-45)61-40(38)58-22-7-5-20(6-8-22)36-37(63-39-35(54)33(52)30(49)26(16-44)60-39)32(51)29-24(47)12-23(56-4)13-25(29)59-36/h5-13,21,26-27,30-31,33-35,38-40,44-47,49-50,52-55H,14-18H2,1-4H3/b10-9+,19-11+/t21-,26-,27-,30-,31-,33+,34+,35-,38-,39?,40?,41+,42-,43+/m0/s1. The third-order valence-corrected chi connectivity index (χ3v) is 12.4. The van der Waals surface area contributed by atoms with Crippen LogP contribution in [0.5, 0.6) is 23.0 Å². The quantitative estimate of drug-likeness (QED) is 0.0609. The van der Waals surface area contributed by atoms with Crippen LogP contribution in [0.3, 0.4) is 0 Å². The van der Waals surface area contributed by atoms with E-state index in [1.165, 1.54) is 49.6 Å². The van der Waals surface area contributed by atoms with Gasteiger partial charge in [0.25, 0.3) is 0 Å². The smallest absolute Gasteiger partial charge is 0.331 e. The van der Waals surface area contributed by atoms with Crippen molar-refractivity contribution in [2.24, 2.45) is 5.41 Å². The van der Waals surface area contributed by atoms with Crippen LogP contribution in [0.15, 0.2) is 69.4 Å². The Labute approximate surface area is 359 Å². The van der Waals surface area contributed by atoms with Crippen molar-refractivity contribution < 1.29 is 93.4 Å². The van der Waals surface area contributed by atoms with E-state index in [0.29, 0.717) is 12.0 Å². The highest BCUT2D eigenvalue weighted by molar-refractivity contribution is 5.88. The molecule has 4 heterocycles. The number of hydrogen-bond acceptors (Lipinski definition) is 20. The number of carbonyl (C=O) groups is 1. The SMILES string of the molecule is COc1cc(O)c2c(=O)c(OC3O[C@@H](CO)[C@H](O)[C@@H](O)[C@@H]3O)c(-c3ccc(OC4O[C@@H](CO)[C@H](O)[C@@H](O)[C@@H]4OC(=O)/C=C(C)/C=C/[C@@]4(O)[C@@]5(C)CO[C@@]4(C)C[C@@H](O)C5)cc3)oc2c1. The second-order valence-electron chi connectivity index (χ2n) is 16.8. The summed E-state index contributed by atoms with van der Waals surface area (Å²) in [4.78, 5) is 27.3. The minimum atomic E-state index is -1.92. The highest BCUT2D eigenvalue weighted by Gasteiger charge is 2.67. The van der Waals surface area contributed by atoms with Gasteiger partial charge in [-0.2, -0.15) is 0 Å². The molecule has 4 fully saturated rings. The van der Waals surface area contributed by atoms with Gasteiger partial charge in [0, 0.05) is 35.6 Å². The predicted molar refractivity (Wildman–Crippen MR) is 214 cm³/mol. The van der Waals surface area contributed by atoms with Gasteiger partial charge >= 0.3 is 5.97 Å². The number of methoxy groups -OCH3 is 1. The Kier molecular flexibility index (Phi) is 13.0. The summed E-state index contributed by atoms with van der Waals surface area (Å²) in [5, 5.41) is 105. The molecule has 2 bridgehead atoms. The molecule has 3 aromatic rings. The van der Waals surface area contributed by atoms with E-state index in [1.807, 2.05) is 6.92 Å². The fraction of sp³-hybridized carbons (Fsp3) is 0.535. The lowest BCUT2D eigenvalue weighted by Crippen LogP contribution is -2.61. The number of esters is 1. The fourth-order valence-electron chi connectivity index (χ4n) is 8.73. The van der Waals surface area contributed by atoms with Crippen LogP contribution in [-0.2, 0) is 23.7 Å². The van der Waals surface area contributed by atoms with E-state index in [-0.39, 0.29) is 46.8 Å². The summed E-state index contributed by atoms with van der Waals surface area (Å²) in [5.74, 6) is -2.27. The first-order valence-electron chi connectivity index (χ1n) is 20.1.